The fourth-order valence-electron chi connectivity index (χ4n) is 2.96. The first-order valence-corrected chi connectivity index (χ1v) is 9.76. The second-order valence-corrected chi connectivity index (χ2v) is 8.36. The standard InChI is InChI=1S/C18H11F3N2O3S2/c19-8-5-9(20)17-16(15(8)21)22-13(28-17)7-23-10-3-1-2-4-11(10)27-12(18(23)26)6-14(24)25/h1-5,12H,6-7H2,(H,24,25)/t12-/m1/s1. The van der Waals surface area contributed by atoms with E-state index >= 15 is 0 Å². The van der Waals surface area contributed by atoms with Crippen LogP contribution in [0.15, 0.2) is 35.2 Å². The van der Waals surface area contributed by atoms with E-state index in [4.69, 9.17) is 5.11 Å². The van der Waals surface area contributed by atoms with Gasteiger partial charge in [-0.25, -0.2) is 18.2 Å². The molecule has 2 heterocycles. The fourth-order valence-corrected chi connectivity index (χ4v) is 5.13. The smallest absolute Gasteiger partial charge is 0.305 e. The maximum absolute atomic E-state index is 14.0. The number of amides is 1. The number of carbonyl (C=O) groups excluding carboxylic acids is 1. The Balaban J connectivity index is 1.74. The van der Waals surface area contributed by atoms with Crippen molar-refractivity contribution in [2.24, 2.45) is 0 Å². The maximum atomic E-state index is 14.0. The number of aliphatic carboxylic acids is 1. The van der Waals surface area contributed by atoms with Crippen LogP contribution < -0.4 is 4.90 Å². The Labute approximate surface area is 164 Å². The molecule has 1 aliphatic heterocycles. The molecule has 28 heavy (non-hydrogen) atoms. The summed E-state index contributed by atoms with van der Waals surface area (Å²) in [5.74, 6) is -5.05. The van der Waals surface area contributed by atoms with Gasteiger partial charge in [0.2, 0.25) is 5.91 Å². The van der Waals surface area contributed by atoms with Crippen LogP contribution in [0.3, 0.4) is 0 Å². The van der Waals surface area contributed by atoms with Crippen LogP contribution in [0.5, 0.6) is 0 Å². The highest BCUT2D eigenvalue weighted by Crippen LogP contribution is 2.41. The summed E-state index contributed by atoms with van der Waals surface area (Å²) in [6, 6.07) is 7.42. The highest BCUT2D eigenvalue weighted by Gasteiger charge is 2.35. The van der Waals surface area contributed by atoms with Crippen molar-refractivity contribution >= 4 is 50.9 Å². The lowest BCUT2D eigenvalue weighted by Gasteiger charge is -2.32. The van der Waals surface area contributed by atoms with E-state index in [2.05, 4.69) is 4.98 Å². The van der Waals surface area contributed by atoms with Gasteiger partial charge in [0.15, 0.2) is 11.6 Å². The lowest BCUT2D eigenvalue weighted by Crippen LogP contribution is -2.41. The lowest BCUT2D eigenvalue weighted by atomic mass is 10.2. The SMILES string of the molecule is O=C(O)C[C@H]1Sc2ccccc2N(Cc2nc3c(F)c(F)cc(F)c3s2)C1=O. The van der Waals surface area contributed by atoms with E-state index in [-0.39, 0.29) is 22.7 Å². The molecule has 5 nitrogen and oxygen atoms in total. The molecule has 2 aromatic carbocycles. The van der Waals surface area contributed by atoms with Crippen LogP contribution in [0, 0.1) is 17.5 Å². The van der Waals surface area contributed by atoms with Crippen LogP contribution in [0.1, 0.15) is 11.4 Å². The molecule has 0 bridgehead atoms. The monoisotopic (exact) mass is 424 g/mol. The number of anilines is 1. The Hall–Kier alpha value is -2.59. The molecule has 0 aliphatic carbocycles. The third-order valence-electron chi connectivity index (χ3n) is 4.18. The summed E-state index contributed by atoms with van der Waals surface area (Å²) in [5.41, 5.74) is 0.136. The predicted octanol–water partition coefficient (Wildman–Crippen LogP) is 4.20. The number of para-hydroxylation sites is 1. The number of halogens is 3. The molecule has 0 saturated carbocycles. The highest BCUT2D eigenvalue weighted by molar-refractivity contribution is 8.01. The molecule has 0 spiro atoms. The number of hydrogen-bond donors (Lipinski definition) is 1. The second-order valence-electron chi connectivity index (χ2n) is 6.04. The summed E-state index contributed by atoms with van der Waals surface area (Å²) >= 11 is 1.98. The average Bonchev–Trinajstić information content (AvgIpc) is 3.07. The molecule has 4 rings (SSSR count). The van der Waals surface area contributed by atoms with Gasteiger partial charge in [0.05, 0.1) is 28.6 Å². The van der Waals surface area contributed by atoms with E-state index in [1.807, 2.05) is 0 Å². The van der Waals surface area contributed by atoms with Gasteiger partial charge in [0, 0.05) is 11.0 Å². The quantitative estimate of drug-likeness (QED) is 0.636. The van der Waals surface area contributed by atoms with Gasteiger partial charge in [0.25, 0.3) is 0 Å². The van der Waals surface area contributed by atoms with Crippen LogP contribution in [-0.4, -0.2) is 27.2 Å². The number of carboxylic acids is 1. The minimum Gasteiger partial charge on any atom is -0.481 e. The van der Waals surface area contributed by atoms with E-state index in [9.17, 15) is 22.8 Å². The number of thiazole rings is 1. The molecule has 0 radical (unpaired) electrons. The number of aromatic nitrogens is 1. The molecular weight excluding hydrogens is 413 g/mol. The molecule has 1 amide bonds. The number of hydrogen-bond acceptors (Lipinski definition) is 5. The van der Waals surface area contributed by atoms with Crippen molar-refractivity contribution in [3.63, 3.8) is 0 Å². The Morgan fingerprint density at radius 1 is 1.21 bits per heavy atom. The van der Waals surface area contributed by atoms with Crippen molar-refractivity contribution < 1.29 is 27.9 Å². The van der Waals surface area contributed by atoms with Crippen LogP contribution in [0.2, 0.25) is 0 Å². The molecule has 1 aliphatic rings. The number of carbonyl (C=O) groups is 2. The minimum atomic E-state index is -1.33. The molecule has 3 aromatic rings. The topological polar surface area (TPSA) is 70.5 Å². The number of benzene rings is 2. The number of nitrogens with zero attached hydrogens (tertiary/aromatic N) is 2. The average molecular weight is 424 g/mol. The Morgan fingerprint density at radius 3 is 2.71 bits per heavy atom. The number of fused-ring (bicyclic) bond motifs is 2. The van der Waals surface area contributed by atoms with Crippen molar-refractivity contribution in [3.8, 4) is 0 Å². The van der Waals surface area contributed by atoms with Gasteiger partial charge in [-0.1, -0.05) is 12.1 Å². The third-order valence-corrected chi connectivity index (χ3v) is 6.48. The van der Waals surface area contributed by atoms with E-state index in [0.717, 1.165) is 28.0 Å². The van der Waals surface area contributed by atoms with Gasteiger partial charge < -0.3 is 10.0 Å². The molecule has 1 N–H and O–H groups in total. The first kappa shape index (κ1) is 18.8. The zero-order valence-electron chi connectivity index (χ0n) is 14.0. The Kier molecular flexibility index (Phi) is 4.76. The van der Waals surface area contributed by atoms with Crippen LogP contribution in [0.25, 0.3) is 10.2 Å². The van der Waals surface area contributed by atoms with Crippen LogP contribution in [-0.2, 0) is 16.1 Å². The zero-order valence-corrected chi connectivity index (χ0v) is 15.6. The predicted molar refractivity (Wildman–Crippen MR) is 99.0 cm³/mol. The van der Waals surface area contributed by atoms with Crippen molar-refractivity contribution in [2.45, 2.75) is 23.1 Å². The second kappa shape index (κ2) is 7.10. The summed E-state index contributed by atoms with van der Waals surface area (Å²) < 4.78 is 41.2. The highest BCUT2D eigenvalue weighted by atomic mass is 32.2. The third kappa shape index (κ3) is 3.22. The Morgan fingerprint density at radius 2 is 1.96 bits per heavy atom. The summed E-state index contributed by atoms with van der Waals surface area (Å²) in [6.45, 7) is -0.105. The summed E-state index contributed by atoms with van der Waals surface area (Å²) in [6.07, 6.45) is -0.358. The van der Waals surface area contributed by atoms with Crippen molar-refractivity contribution in [2.75, 3.05) is 4.90 Å². The van der Waals surface area contributed by atoms with Gasteiger partial charge >= 0.3 is 5.97 Å². The van der Waals surface area contributed by atoms with E-state index in [1.54, 1.807) is 24.3 Å². The fraction of sp³-hybridized carbons (Fsp3) is 0.167. The molecule has 0 fully saturated rings. The molecule has 144 valence electrons. The van der Waals surface area contributed by atoms with Crippen LogP contribution >= 0.6 is 23.1 Å². The van der Waals surface area contributed by atoms with E-state index < -0.39 is 40.1 Å². The maximum Gasteiger partial charge on any atom is 0.305 e. The zero-order chi connectivity index (χ0) is 20.0. The van der Waals surface area contributed by atoms with Gasteiger partial charge in [-0.15, -0.1) is 23.1 Å². The van der Waals surface area contributed by atoms with E-state index in [1.165, 1.54) is 4.90 Å². The summed E-state index contributed by atoms with van der Waals surface area (Å²) in [4.78, 5) is 30.0. The lowest BCUT2D eigenvalue weighted by molar-refractivity contribution is -0.138. The van der Waals surface area contributed by atoms with E-state index in [0.29, 0.717) is 11.8 Å². The first-order chi connectivity index (χ1) is 13.3. The molecular formula is C18H11F3N2O3S2. The van der Waals surface area contributed by atoms with Gasteiger partial charge in [-0.3, -0.25) is 9.59 Å². The number of thioether (sulfide) groups is 1. The van der Waals surface area contributed by atoms with Gasteiger partial charge in [-0.05, 0) is 12.1 Å². The van der Waals surface area contributed by atoms with Crippen LogP contribution in [0.4, 0.5) is 18.9 Å². The summed E-state index contributed by atoms with van der Waals surface area (Å²) in [5, 5.41) is 8.46. The van der Waals surface area contributed by atoms with Gasteiger partial charge in [0.1, 0.15) is 16.3 Å². The summed E-state index contributed by atoms with van der Waals surface area (Å²) in [7, 11) is 0. The number of carboxylic acid groups (broad SMARTS) is 1. The van der Waals surface area contributed by atoms with Crippen molar-refractivity contribution in [1.29, 1.82) is 0 Å². The van der Waals surface area contributed by atoms with Gasteiger partial charge in [-0.2, -0.15) is 0 Å². The van der Waals surface area contributed by atoms with Crippen molar-refractivity contribution in [3.05, 3.63) is 52.8 Å². The Bertz CT molecular complexity index is 1120. The molecule has 1 atom stereocenters. The largest absolute Gasteiger partial charge is 0.481 e. The van der Waals surface area contributed by atoms with Crippen molar-refractivity contribution in [1.82, 2.24) is 4.98 Å². The molecule has 0 saturated heterocycles. The normalized spacial score (nSPS) is 16.5. The molecule has 1 aromatic heterocycles. The number of rotatable bonds is 4. The molecule has 10 heteroatoms. The molecule has 0 unspecified atom stereocenters. The first-order valence-electron chi connectivity index (χ1n) is 8.07. The minimum absolute atomic E-state index is 0.105.